The van der Waals surface area contributed by atoms with Crippen molar-refractivity contribution >= 4 is 11.6 Å². The van der Waals surface area contributed by atoms with E-state index >= 15 is 0 Å². The van der Waals surface area contributed by atoms with E-state index in [0.717, 1.165) is 11.1 Å². The Morgan fingerprint density at radius 3 is 2.38 bits per heavy atom. The van der Waals surface area contributed by atoms with E-state index in [-0.39, 0.29) is 5.91 Å². The van der Waals surface area contributed by atoms with E-state index in [1.807, 2.05) is 38.1 Å². The molecular weight excluding hydrogens is 300 g/mol. The van der Waals surface area contributed by atoms with Crippen molar-refractivity contribution in [2.45, 2.75) is 27.3 Å². The SMILES string of the molecule is C=CC1=C(\C=C)N(C(C)=O)Cc2ccccc2/C(NN)=C\1N.CC. The van der Waals surface area contributed by atoms with Crippen LogP contribution >= 0.6 is 0 Å². The van der Waals surface area contributed by atoms with Crippen LogP contribution in [0.4, 0.5) is 0 Å². The molecule has 0 saturated carbocycles. The first-order valence-electron chi connectivity index (χ1n) is 7.87. The van der Waals surface area contributed by atoms with Gasteiger partial charge in [-0.15, -0.1) is 0 Å². The number of nitrogens with two attached hydrogens (primary N) is 2. The van der Waals surface area contributed by atoms with Crippen molar-refractivity contribution in [1.82, 2.24) is 10.3 Å². The summed E-state index contributed by atoms with van der Waals surface area (Å²) in [6, 6.07) is 7.66. The number of nitrogens with one attached hydrogen (secondary N) is 1. The number of rotatable bonds is 3. The normalized spacial score (nSPS) is 19.9. The molecule has 1 aliphatic heterocycles. The molecule has 1 aromatic rings. The quantitative estimate of drug-likeness (QED) is 0.589. The Bertz CT molecular complexity index is 701. The first-order chi connectivity index (χ1) is 11.5. The van der Waals surface area contributed by atoms with Gasteiger partial charge in [0.15, 0.2) is 0 Å². The van der Waals surface area contributed by atoms with Crippen molar-refractivity contribution in [2.24, 2.45) is 11.6 Å². The fraction of sp³-hybridized carbons (Fsp3) is 0.211. The Morgan fingerprint density at radius 1 is 1.25 bits per heavy atom. The van der Waals surface area contributed by atoms with Crippen molar-refractivity contribution in [1.29, 1.82) is 0 Å². The number of carbonyl (C=O) groups excluding carboxylic acids is 1. The molecule has 5 nitrogen and oxygen atoms in total. The zero-order valence-corrected chi connectivity index (χ0v) is 14.6. The summed E-state index contributed by atoms with van der Waals surface area (Å²) in [5.41, 5.74) is 13.0. The number of hydrogen-bond acceptors (Lipinski definition) is 4. The molecule has 0 aliphatic carbocycles. The van der Waals surface area contributed by atoms with E-state index in [4.69, 9.17) is 11.6 Å². The largest absolute Gasteiger partial charge is 0.396 e. The Kier molecular flexibility index (Phi) is 7.01. The number of benzene rings is 1. The lowest BCUT2D eigenvalue weighted by atomic mass is 9.96. The Balaban J connectivity index is 0.00000139. The maximum absolute atomic E-state index is 12.1. The summed E-state index contributed by atoms with van der Waals surface area (Å²) < 4.78 is 0. The van der Waals surface area contributed by atoms with Crippen molar-refractivity contribution in [3.63, 3.8) is 0 Å². The van der Waals surface area contributed by atoms with Crippen LogP contribution in [-0.4, -0.2) is 10.8 Å². The van der Waals surface area contributed by atoms with Gasteiger partial charge in [0.1, 0.15) is 0 Å². The molecule has 0 aromatic heterocycles. The van der Waals surface area contributed by atoms with Gasteiger partial charge in [0, 0.05) is 18.1 Å². The number of hydrogen-bond donors (Lipinski definition) is 3. The smallest absolute Gasteiger partial charge is 0.224 e. The summed E-state index contributed by atoms with van der Waals surface area (Å²) in [5, 5.41) is 0. The summed E-state index contributed by atoms with van der Waals surface area (Å²) in [4.78, 5) is 13.7. The molecule has 24 heavy (non-hydrogen) atoms. The minimum atomic E-state index is -0.0963. The van der Waals surface area contributed by atoms with E-state index < -0.39 is 0 Å². The van der Waals surface area contributed by atoms with Gasteiger partial charge >= 0.3 is 0 Å². The minimum Gasteiger partial charge on any atom is -0.396 e. The summed E-state index contributed by atoms with van der Waals surface area (Å²) in [6.07, 6.45) is 3.21. The highest BCUT2D eigenvalue weighted by molar-refractivity contribution is 5.80. The number of nitrogens with zero attached hydrogens (tertiary/aromatic N) is 1. The van der Waals surface area contributed by atoms with Gasteiger partial charge in [0.25, 0.3) is 0 Å². The third kappa shape index (κ3) is 3.58. The fourth-order valence-corrected chi connectivity index (χ4v) is 2.59. The van der Waals surface area contributed by atoms with Crippen LogP contribution in [0.25, 0.3) is 5.70 Å². The van der Waals surface area contributed by atoms with E-state index in [2.05, 4.69) is 18.6 Å². The molecule has 5 heteroatoms. The van der Waals surface area contributed by atoms with Crippen molar-refractivity contribution < 1.29 is 4.79 Å². The topological polar surface area (TPSA) is 84.4 Å². The standard InChI is InChI=1S/C17H20N4O.C2H6/c1-4-13-15(5-2)21(11(3)22)10-12-8-6-7-9-14(12)17(20-19)16(13)18;1-2/h4-9,20H,1-2,10,18-19H2,3H3;1-2H3/b15-13-,17-16-;. The second-order valence-corrected chi connectivity index (χ2v) is 4.90. The third-order valence-corrected chi connectivity index (χ3v) is 3.66. The maximum atomic E-state index is 12.1. The van der Waals surface area contributed by atoms with Crippen LogP contribution in [0, 0.1) is 0 Å². The number of amides is 1. The zero-order valence-electron chi connectivity index (χ0n) is 14.6. The molecule has 0 bridgehead atoms. The molecule has 1 aromatic carbocycles. The molecule has 0 spiro atoms. The maximum Gasteiger partial charge on any atom is 0.224 e. The average Bonchev–Trinajstić information content (AvgIpc) is 2.59. The van der Waals surface area contributed by atoms with Gasteiger partial charge in [-0.3, -0.25) is 10.6 Å². The second kappa shape index (κ2) is 8.74. The van der Waals surface area contributed by atoms with E-state index in [9.17, 15) is 4.79 Å². The molecule has 0 fully saturated rings. The predicted octanol–water partition coefficient (Wildman–Crippen LogP) is 2.79. The molecular formula is C19H26N4O. The summed E-state index contributed by atoms with van der Waals surface area (Å²) in [7, 11) is 0. The molecule has 1 aliphatic rings. The summed E-state index contributed by atoms with van der Waals surface area (Å²) in [5.74, 6) is 5.58. The number of hydrazine groups is 1. The second-order valence-electron chi connectivity index (χ2n) is 4.90. The van der Waals surface area contributed by atoms with Gasteiger partial charge in [-0.1, -0.05) is 57.3 Å². The third-order valence-electron chi connectivity index (χ3n) is 3.66. The first kappa shape index (κ1) is 19.3. The van der Waals surface area contributed by atoms with Gasteiger partial charge in [-0.05, 0) is 11.6 Å². The zero-order chi connectivity index (χ0) is 18.3. The van der Waals surface area contributed by atoms with Crippen LogP contribution in [-0.2, 0) is 11.3 Å². The molecule has 5 N–H and O–H groups in total. The molecule has 0 saturated heterocycles. The van der Waals surface area contributed by atoms with Crippen LogP contribution in [0.2, 0.25) is 0 Å². The predicted molar refractivity (Wildman–Crippen MR) is 99.9 cm³/mol. The Morgan fingerprint density at radius 2 is 1.88 bits per heavy atom. The molecule has 0 atom stereocenters. The number of fused-ring (bicyclic) bond motifs is 1. The first-order valence-corrected chi connectivity index (χ1v) is 7.87. The monoisotopic (exact) mass is 326 g/mol. The molecule has 1 heterocycles. The number of carbonyl (C=O) groups is 1. The Labute approximate surface area is 144 Å². The van der Waals surface area contributed by atoms with E-state index in [0.29, 0.717) is 29.2 Å². The molecule has 1 amide bonds. The van der Waals surface area contributed by atoms with Crippen molar-refractivity contribution in [2.75, 3.05) is 0 Å². The highest BCUT2D eigenvalue weighted by Crippen LogP contribution is 2.30. The molecule has 0 radical (unpaired) electrons. The Hall–Kier alpha value is -2.79. The highest BCUT2D eigenvalue weighted by atomic mass is 16.2. The van der Waals surface area contributed by atoms with Gasteiger partial charge in [-0.25, -0.2) is 0 Å². The lowest BCUT2D eigenvalue weighted by Crippen LogP contribution is -2.33. The van der Waals surface area contributed by atoms with Crippen molar-refractivity contribution in [3.05, 3.63) is 77.7 Å². The van der Waals surface area contributed by atoms with E-state index in [1.165, 1.54) is 6.92 Å². The van der Waals surface area contributed by atoms with Crippen LogP contribution in [0.5, 0.6) is 0 Å². The van der Waals surface area contributed by atoms with Crippen LogP contribution in [0.1, 0.15) is 31.9 Å². The van der Waals surface area contributed by atoms with Crippen LogP contribution < -0.4 is 17.0 Å². The number of allylic oxidation sites excluding steroid dienone is 2. The van der Waals surface area contributed by atoms with Gasteiger partial charge < -0.3 is 16.1 Å². The minimum absolute atomic E-state index is 0.0963. The van der Waals surface area contributed by atoms with Crippen LogP contribution in [0.3, 0.4) is 0 Å². The molecule has 128 valence electrons. The van der Waals surface area contributed by atoms with E-state index in [1.54, 1.807) is 17.1 Å². The summed E-state index contributed by atoms with van der Waals surface area (Å²) >= 11 is 0. The van der Waals surface area contributed by atoms with Gasteiger partial charge in [0.05, 0.1) is 23.6 Å². The van der Waals surface area contributed by atoms with Gasteiger partial charge in [0.2, 0.25) is 5.91 Å². The average molecular weight is 326 g/mol. The van der Waals surface area contributed by atoms with Gasteiger partial charge in [-0.2, -0.15) is 0 Å². The highest BCUT2D eigenvalue weighted by Gasteiger charge is 2.23. The lowest BCUT2D eigenvalue weighted by molar-refractivity contribution is -0.127. The summed E-state index contributed by atoms with van der Waals surface area (Å²) in [6.45, 7) is 13.5. The molecule has 2 rings (SSSR count). The van der Waals surface area contributed by atoms with Crippen LogP contribution in [0.15, 0.2) is 66.5 Å². The molecule has 0 unspecified atom stereocenters. The van der Waals surface area contributed by atoms with Crippen molar-refractivity contribution in [3.8, 4) is 0 Å². The lowest BCUT2D eigenvalue weighted by Gasteiger charge is -2.29. The fourth-order valence-electron chi connectivity index (χ4n) is 2.59.